The van der Waals surface area contributed by atoms with E-state index in [0.29, 0.717) is 30.4 Å². The summed E-state index contributed by atoms with van der Waals surface area (Å²) in [6.07, 6.45) is 3.90. The number of alkyl carbamates (subject to hydrolysis) is 1. The first-order chi connectivity index (χ1) is 23.7. The van der Waals surface area contributed by atoms with Gasteiger partial charge in [-0.3, -0.25) is 9.59 Å². The number of allylic oxidation sites excluding steroid dienone is 4. The van der Waals surface area contributed by atoms with E-state index in [-0.39, 0.29) is 42.1 Å². The molecule has 3 fully saturated rings. The van der Waals surface area contributed by atoms with Crippen molar-refractivity contribution in [1.29, 1.82) is 0 Å². The summed E-state index contributed by atoms with van der Waals surface area (Å²) < 4.78 is 35.0. The highest BCUT2D eigenvalue weighted by Crippen LogP contribution is 2.71. The number of carbonyl (C=O) groups excluding carboxylic acids is 4. The number of carbonyl (C=O) groups is 4. The number of anilines is 1. The molecule has 1 amide bonds. The number of amides is 1. The summed E-state index contributed by atoms with van der Waals surface area (Å²) in [7, 11) is 5.22. The molecule has 1 unspecified atom stereocenters. The number of benzene rings is 1. The van der Waals surface area contributed by atoms with E-state index >= 15 is 4.39 Å². The molecule has 280 valence electrons. The van der Waals surface area contributed by atoms with Crippen LogP contribution in [0.1, 0.15) is 96.0 Å². The van der Waals surface area contributed by atoms with Gasteiger partial charge in [0.2, 0.25) is 5.78 Å². The van der Waals surface area contributed by atoms with Crippen molar-refractivity contribution in [3.05, 3.63) is 53.1 Å². The number of ketones is 2. The molecule has 2 N–H and O–H groups in total. The third-order valence-corrected chi connectivity index (χ3v) is 12.5. The van der Waals surface area contributed by atoms with Gasteiger partial charge in [-0.1, -0.05) is 32.4 Å². The molecular weight excluding hydrogens is 655 g/mol. The average molecular weight is 711 g/mol. The van der Waals surface area contributed by atoms with Crippen molar-refractivity contribution >= 4 is 29.3 Å². The van der Waals surface area contributed by atoms with Crippen molar-refractivity contribution in [1.82, 2.24) is 5.32 Å². The zero-order valence-corrected chi connectivity index (χ0v) is 31.7. The number of alkyl halides is 1. The van der Waals surface area contributed by atoms with Gasteiger partial charge in [0.15, 0.2) is 18.1 Å². The first-order valence-corrected chi connectivity index (χ1v) is 18.0. The van der Waals surface area contributed by atoms with Crippen molar-refractivity contribution in [3.8, 4) is 0 Å². The molecule has 10 nitrogen and oxygen atoms in total. The van der Waals surface area contributed by atoms with E-state index in [2.05, 4.69) is 5.32 Å². The molecule has 0 bridgehead atoms. The molecule has 0 aromatic heterocycles. The lowest BCUT2D eigenvalue weighted by Gasteiger charge is -2.63. The fourth-order valence-electron chi connectivity index (χ4n) is 10.1. The Kier molecular flexibility index (Phi) is 10.2. The number of esters is 1. The predicted octanol–water partition coefficient (Wildman–Crippen LogP) is 6.11. The number of methoxy groups -OCH3 is 1. The zero-order valence-electron chi connectivity index (χ0n) is 31.7. The van der Waals surface area contributed by atoms with E-state index in [1.54, 1.807) is 45.9 Å². The first-order valence-electron chi connectivity index (χ1n) is 18.0. The van der Waals surface area contributed by atoms with Gasteiger partial charge < -0.3 is 29.5 Å². The SMILES string of the molecule is CO[C@]1(C(=O)COC(=O)c2ccc(N(C)C)cc2C(C)CNC(=O)OC(C)(C)C)[C@H](C)C[C@H]2[C@@H]3CCC4=CC(=O)C=C[C@]4(C)[C@@]3(F)[C@@H](O)C[C@@]21C. The Morgan fingerprint density at radius 2 is 1.84 bits per heavy atom. The summed E-state index contributed by atoms with van der Waals surface area (Å²) in [6, 6.07) is 5.30. The predicted molar refractivity (Wildman–Crippen MR) is 191 cm³/mol. The van der Waals surface area contributed by atoms with Gasteiger partial charge in [0, 0.05) is 50.2 Å². The second-order valence-electron chi connectivity index (χ2n) is 16.8. The van der Waals surface area contributed by atoms with Crippen LogP contribution in [0.25, 0.3) is 0 Å². The summed E-state index contributed by atoms with van der Waals surface area (Å²) in [5, 5.41) is 14.5. The van der Waals surface area contributed by atoms with Crippen molar-refractivity contribution in [2.24, 2.45) is 28.6 Å². The topological polar surface area (TPSA) is 131 Å². The number of ether oxygens (including phenoxy) is 3. The molecule has 0 heterocycles. The van der Waals surface area contributed by atoms with Gasteiger partial charge >= 0.3 is 12.1 Å². The first kappa shape index (κ1) is 38.7. The fourth-order valence-corrected chi connectivity index (χ4v) is 10.1. The monoisotopic (exact) mass is 710 g/mol. The van der Waals surface area contributed by atoms with Crippen LogP contribution in [0.4, 0.5) is 14.9 Å². The van der Waals surface area contributed by atoms with Gasteiger partial charge in [-0.15, -0.1) is 0 Å². The van der Waals surface area contributed by atoms with Crippen LogP contribution in [0.15, 0.2) is 42.0 Å². The van der Waals surface area contributed by atoms with Gasteiger partial charge in [-0.2, -0.15) is 0 Å². The lowest BCUT2D eigenvalue weighted by Crippen LogP contribution is -2.69. The second-order valence-corrected chi connectivity index (χ2v) is 16.8. The number of hydrogen-bond acceptors (Lipinski definition) is 9. The molecule has 0 aliphatic heterocycles. The number of fused-ring (bicyclic) bond motifs is 5. The quantitative estimate of drug-likeness (QED) is 0.292. The van der Waals surface area contributed by atoms with E-state index in [0.717, 1.165) is 5.69 Å². The average Bonchev–Trinajstić information content (AvgIpc) is 3.27. The van der Waals surface area contributed by atoms with Crippen LogP contribution in [0.3, 0.4) is 0 Å². The fraction of sp³-hybridized carbons (Fsp3) is 0.650. The van der Waals surface area contributed by atoms with Crippen LogP contribution in [-0.2, 0) is 23.8 Å². The highest BCUT2D eigenvalue weighted by atomic mass is 19.1. The van der Waals surface area contributed by atoms with Crippen LogP contribution < -0.4 is 10.2 Å². The minimum atomic E-state index is -2.04. The van der Waals surface area contributed by atoms with Crippen molar-refractivity contribution in [2.75, 3.05) is 39.3 Å². The molecule has 0 spiro atoms. The lowest BCUT2D eigenvalue weighted by molar-refractivity contribution is -0.224. The zero-order chi connectivity index (χ0) is 37.9. The normalized spacial score (nSPS) is 34.7. The smallest absolute Gasteiger partial charge is 0.407 e. The second kappa shape index (κ2) is 13.4. The van der Waals surface area contributed by atoms with Gasteiger partial charge in [-0.25, -0.2) is 14.0 Å². The number of nitrogens with one attached hydrogen (secondary N) is 1. The highest BCUT2D eigenvalue weighted by molar-refractivity contribution is 6.01. The summed E-state index contributed by atoms with van der Waals surface area (Å²) in [5.41, 5.74) is -3.84. The summed E-state index contributed by atoms with van der Waals surface area (Å²) in [6.45, 7) is 12.4. The van der Waals surface area contributed by atoms with Crippen molar-refractivity contribution in [3.63, 3.8) is 0 Å². The number of halogens is 1. The van der Waals surface area contributed by atoms with Gasteiger partial charge in [0.25, 0.3) is 0 Å². The van der Waals surface area contributed by atoms with Crippen LogP contribution in [0.5, 0.6) is 0 Å². The molecule has 0 radical (unpaired) electrons. The molecule has 4 aliphatic carbocycles. The van der Waals surface area contributed by atoms with E-state index in [1.165, 1.54) is 19.3 Å². The Balaban J connectivity index is 1.38. The Morgan fingerprint density at radius 1 is 1.16 bits per heavy atom. The molecule has 51 heavy (non-hydrogen) atoms. The molecule has 5 rings (SSSR count). The molecule has 11 heteroatoms. The molecule has 3 saturated carbocycles. The maximum Gasteiger partial charge on any atom is 0.407 e. The number of aliphatic hydroxyl groups is 1. The number of rotatable bonds is 9. The van der Waals surface area contributed by atoms with Crippen LogP contribution in [-0.4, -0.2) is 86.1 Å². The Hall–Kier alpha value is -3.57. The number of Topliss-reactive ketones (excluding diaryl/α,β-unsaturated/α-hetero) is 1. The summed E-state index contributed by atoms with van der Waals surface area (Å²) >= 11 is 0. The third-order valence-electron chi connectivity index (χ3n) is 12.5. The minimum Gasteiger partial charge on any atom is -0.454 e. The number of aliphatic hydroxyl groups excluding tert-OH is 1. The van der Waals surface area contributed by atoms with Crippen LogP contribution in [0.2, 0.25) is 0 Å². The maximum atomic E-state index is 17.7. The van der Waals surface area contributed by atoms with Crippen LogP contribution in [0, 0.1) is 28.6 Å². The van der Waals surface area contributed by atoms with E-state index in [9.17, 15) is 24.3 Å². The largest absolute Gasteiger partial charge is 0.454 e. The Morgan fingerprint density at radius 3 is 2.47 bits per heavy atom. The van der Waals surface area contributed by atoms with E-state index in [1.807, 2.05) is 45.8 Å². The van der Waals surface area contributed by atoms with Crippen molar-refractivity contribution in [2.45, 2.75) is 103 Å². The van der Waals surface area contributed by atoms with Gasteiger partial charge in [0.05, 0.1) is 11.7 Å². The van der Waals surface area contributed by atoms with Gasteiger partial charge in [-0.05, 0) is 107 Å². The Bertz CT molecular complexity index is 1650. The van der Waals surface area contributed by atoms with Gasteiger partial charge in [0.1, 0.15) is 11.2 Å². The maximum absolute atomic E-state index is 17.7. The molecule has 9 atom stereocenters. The molecular formula is C40H55FN2O8. The third kappa shape index (κ3) is 6.22. The molecule has 1 aromatic carbocycles. The number of hydrogen-bond donors (Lipinski definition) is 2. The van der Waals surface area contributed by atoms with Crippen LogP contribution >= 0.6 is 0 Å². The van der Waals surface area contributed by atoms with Crippen molar-refractivity contribution < 1.29 is 42.9 Å². The van der Waals surface area contributed by atoms with E-state index < -0.39 is 64.2 Å². The lowest BCUT2D eigenvalue weighted by atomic mass is 9.44. The molecule has 4 aliphatic rings. The summed E-state index contributed by atoms with van der Waals surface area (Å²) in [5.74, 6) is -2.89. The summed E-state index contributed by atoms with van der Waals surface area (Å²) in [4.78, 5) is 54.7. The highest BCUT2D eigenvalue weighted by Gasteiger charge is 2.76. The minimum absolute atomic E-state index is 0.0362. The number of nitrogens with zero attached hydrogens (tertiary/aromatic N) is 1. The molecule has 0 saturated heterocycles. The Labute approximate surface area is 301 Å². The van der Waals surface area contributed by atoms with E-state index in [4.69, 9.17) is 14.2 Å². The molecule has 1 aromatic rings. The standard InChI is InChI=1S/C40H55FN2O8/c1-23(21-42-35(48)51-36(3,4)5)29-19-26(43(8)9)12-13-28(29)34(47)50-22-33(46)40(49-10)24(2)17-31-30-14-11-25-18-27(44)15-16-37(25,6)39(30,41)32(45)20-38(31,40)7/h12-13,15-16,18-19,23-24,30-32,45H,11,14,17,20-22H2,1-10H3,(H,42,48)/t23?,24-,30+,31+,32+,37+,38+,39+,40+/m1/s1.